The number of nitrogens with zero attached hydrogens (tertiary/aromatic N) is 2. The van der Waals surface area contributed by atoms with Crippen LogP contribution >= 0.6 is 0 Å². The van der Waals surface area contributed by atoms with Gasteiger partial charge in [-0.3, -0.25) is 0 Å². The van der Waals surface area contributed by atoms with E-state index in [2.05, 4.69) is 36.7 Å². The molecule has 0 bridgehead atoms. The molecular formula is C15H18N2. The van der Waals surface area contributed by atoms with E-state index in [0.717, 1.165) is 17.5 Å². The van der Waals surface area contributed by atoms with Gasteiger partial charge in [-0.1, -0.05) is 20.3 Å². The van der Waals surface area contributed by atoms with Crippen LogP contribution in [0.5, 0.6) is 0 Å². The Balaban J connectivity index is 2.28. The van der Waals surface area contributed by atoms with Gasteiger partial charge in [-0.05, 0) is 36.6 Å². The maximum Gasteiger partial charge on any atom is 0.0991 e. The van der Waals surface area contributed by atoms with Crippen molar-refractivity contribution in [3.05, 3.63) is 36.0 Å². The second kappa shape index (κ2) is 5.05. The lowest BCUT2D eigenvalue weighted by molar-refractivity contribution is 0.453. The molecule has 88 valence electrons. The van der Waals surface area contributed by atoms with Gasteiger partial charge in [-0.15, -0.1) is 0 Å². The predicted octanol–water partition coefficient (Wildman–Crippen LogP) is 3.95. The number of hydrogen-bond acceptors (Lipinski definition) is 1. The Morgan fingerprint density at radius 2 is 2.18 bits per heavy atom. The number of aromatic nitrogens is 1. The van der Waals surface area contributed by atoms with Gasteiger partial charge in [0.2, 0.25) is 0 Å². The zero-order valence-corrected chi connectivity index (χ0v) is 10.5. The maximum atomic E-state index is 8.86. The molecule has 0 saturated carbocycles. The molecule has 0 aliphatic heterocycles. The van der Waals surface area contributed by atoms with Crippen LogP contribution < -0.4 is 0 Å². The molecule has 0 saturated heterocycles. The summed E-state index contributed by atoms with van der Waals surface area (Å²) in [6.45, 7) is 5.58. The molecule has 1 aromatic heterocycles. The van der Waals surface area contributed by atoms with Crippen LogP contribution in [0.3, 0.4) is 0 Å². The first-order valence-electron chi connectivity index (χ1n) is 6.23. The molecule has 0 aliphatic carbocycles. The van der Waals surface area contributed by atoms with Gasteiger partial charge in [0.05, 0.1) is 11.6 Å². The Kier molecular flexibility index (Phi) is 3.49. The molecule has 1 unspecified atom stereocenters. The van der Waals surface area contributed by atoms with Crippen molar-refractivity contribution in [2.45, 2.75) is 33.2 Å². The van der Waals surface area contributed by atoms with E-state index in [1.54, 1.807) is 0 Å². The molecule has 2 rings (SSSR count). The van der Waals surface area contributed by atoms with E-state index in [1.807, 2.05) is 18.2 Å². The first-order valence-corrected chi connectivity index (χ1v) is 6.23. The average Bonchev–Trinajstić information content (AvgIpc) is 2.72. The molecule has 0 amide bonds. The van der Waals surface area contributed by atoms with Crippen LogP contribution in [0.25, 0.3) is 10.9 Å². The molecule has 2 aromatic rings. The van der Waals surface area contributed by atoms with Crippen LogP contribution in [0.4, 0.5) is 0 Å². The third kappa shape index (κ3) is 2.50. The number of rotatable bonds is 4. The molecule has 0 spiro atoms. The predicted molar refractivity (Wildman–Crippen MR) is 70.7 cm³/mol. The molecule has 17 heavy (non-hydrogen) atoms. The molecular weight excluding hydrogens is 208 g/mol. The Labute approximate surface area is 102 Å². The molecule has 1 heterocycles. The largest absolute Gasteiger partial charge is 0.347 e. The fraction of sp³-hybridized carbons (Fsp3) is 0.400. The minimum absolute atomic E-state index is 0.700. The third-order valence-electron chi connectivity index (χ3n) is 3.19. The van der Waals surface area contributed by atoms with Crippen molar-refractivity contribution in [2.24, 2.45) is 5.92 Å². The minimum Gasteiger partial charge on any atom is -0.347 e. The molecule has 0 N–H and O–H groups in total. The van der Waals surface area contributed by atoms with Gasteiger partial charge >= 0.3 is 0 Å². The molecule has 2 nitrogen and oxygen atoms in total. The van der Waals surface area contributed by atoms with Gasteiger partial charge in [0.1, 0.15) is 0 Å². The Hall–Kier alpha value is -1.75. The van der Waals surface area contributed by atoms with E-state index >= 15 is 0 Å². The van der Waals surface area contributed by atoms with Crippen molar-refractivity contribution >= 4 is 10.9 Å². The van der Waals surface area contributed by atoms with Gasteiger partial charge in [-0.2, -0.15) is 5.26 Å². The monoisotopic (exact) mass is 226 g/mol. The highest BCUT2D eigenvalue weighted by Crippen LogP contribution is 2.19. The highest BCUT2D eigenvalue weighted by molar-refractivity contribution is 5.81. The topological polar surface area (TPSA) is 28.7 Å². The lowest BCUT2D eigenvalue weighted by atomic mass is 10.1. The van der Waals surface area contributed by atoms with E-state index in [0.29, 0.717) is 5.92 Å². The first-order chi connectivity index (χ1) is 8.24. The molecule has 0 radical (unpaired) electrons. The second-order valence-corrected chi connectivity index (χ2v) is 4.75. The zero-order valence-electron chi connectivity index (χ0n) is 10.5. The van der Waals surface area contributed by atoms with Crippen LogP contribution in [-0.4, -0.2) is 4.57 Å². The van der Waals surface area contributed by atoms with Gasteiger partial charge in [0.25, 0.3) is 0 Å². The van der Waals surface area contributed by atoms with Crippen LogP contribution in [0.15, 0.2) is 30.5 Å². The maximum absolute atomic E-state index is 8.86. The highest BCUT2D eigenvalue weighted by atomic mass is 15.0. The van der Waals surface area contributed by atoms with Crippen LogP contribution in [0.1, 0.15) is 32.3 Å². The molecule has 0 fully saturated rings. The molecule has 2 heteroatoms. The minimum atomic E-state index is 0.700. The van der Waals surface area contributed by atoms with Crippen molar-refractivity contribution < 1.29 is 0 Å². The van der Waals surface area contributed by atoms with Crippen LogP contribution in [0, 0.1) is 17.2 Å². The van der Waals surface area contributed by atoms with Gasteiger partial charge < -0.3 is 4.57 Å². The Morgan fingerprint density at radius 3 is 2.88 bits per heavy atom. The van der Waals surface area contributed by atoms with Gasteiger partial charge in [0, 0.05) is 23.6 Å². The van der Waals surface area contributed by atoms with Gasteiger partial charge in [-0.25, -0.2) is 0 Å². The van der Waals surface area contributed by atoms with Crippen molar-refractivity contribution in [1.82, 2.24) is 4.57 Å². The summed E-state index contributed by atoms with van der Waals surface area (Å²) in [7, 11) is 0. The van der Waals surface area contributed by atoms with E-state index in [1.165, 1.54) is 18.4 Å². The summed E-state index contributed by atoms with van der Waals surface area (Å²) in [4.78, 5) is 0. The molecule has 1 aromatic carbocycles. The zero-order chi connectivity index (χ0) is 12.3. The number of benzene rings is 1. The summed E-state index contributed by atoms with van der Waals surface area (Å²) < 4.78 is 2.29. The van der Waals surface area contributed by atoms with Crippen LogP contribution in [-0.2, 0) is 6.54 Å². The van der Waals surface area contributed by atoms with Crippen molar-refractivity contribution in [3.63, 3.8) is 0 Å². The van der Waals surface area contributed by atoms with Crippen molar-refractivity contribution in [2.75, 3.05) is 0 Å². The smallest absolute Gasteiger partial charge is 0.0991 e. The third-order valence-corrected chi connectivity index (χ3v) is 3.19. The fourth-order valence-corrected chi connectivity index (χ4v) is 2.35. The normalized spacial score (nSPS) is 12.5. The standard InChI is InChI=1S/C15H18N2/c1-3-4-12(2)11-17-8-7-14-9-13(10-16)5-6-15(14)17/h5-9,12H,3-4,11H2,1-2H3. The lowest BCUT2D eigenvalue weighted by Crippen LogP contribution is -2.05. The Bertz CT molecular complexity index is 546. The van der Waals surface area contributed by atoms with Crippen molar-refractivity contribution in [3.8, 4) is 6.07 Å². The second-order valence-electron chi connectivity index (χ2n) is 4.75. The average molecular weight is 226 g/mol. The summed E-state index contributed by atoms with van der Waals surface area (Å²) in [5.74, 6) is 0.700. The van der Waals surface area contributed by atoms with Gasteiger partial charge in [0.15, 0.2) is 0 Å². The molecule has 0 aliphatic rings. The Morgan fingerprint density at radius 1 is 1.35 bits per heavy atom. The summed E-state index contributed by atoms with van der Waals surface area (Å²) in [5, 5.41) is 10.0. The number of fused-ring (bicyclic) bond motifs is 1. The first kappa shape index (κ1) is 11.7. The van der Waals surface area contributed by atoms with Crippen LogP contribution in [0.2, 0.25) is 0 Å². The summed E-state index contributed by atoms with van der Waals surface area (Å²) >= 11 is 0. The van der Waals surface area contributed by atoms with E-state index < -0.39 is 0 Å². The highest BCUT2D eigenvalue weighted by Gasteiger charge is 2.06. The molecule has 1 atom stereocenters. The fourth-order valence-electron chi connectivity index (χ4n) is 2.35. The lowest BCUT2D eigenvalue weighted by Gasteiger charge is -2.12. The number of nitriles is 1. The van der Waals surface area contributed by atoms with E-state index in [4.69, 9.17) is 5.26 Å². The van der Waals surface area contributed by atoms with E-state index in [9.17, 15) is 0 Å². The SMILES string of the molecule is CCCC(C)Cn1ccc2cc(C#N)ccc21. The number of hydrogen-bond donors (Lipinski definition) is 0. The summed E-state index contributed by atoms with van der Waals surface area (Å²) in [5.41, 5.74) is 1.96. The van der Waals surface area contributed by atoms with E-state index in [-0.39, 0.29) is 0 Å². The quantitative estimate of drug-likeness (QED) is 0.776. The summed E-state index contributed by atoms with van der Waals surface area (Å²) in [6, 6.07) is 10.2. The summed E-state index contributed by atoms with van der Waals surface area (Å²) in [6.07, 6.45) is 4.62. The van der Waals surface area contributed by atoms with Crippen molar-refractivity contribution in [1.29, 1.82) is 5.26 Å².